The first-order valence-electron chi connectivity index (χ1n) is 6.85. The van der Waals surface area contributed by atoms with Gasteiger partial charge in [-0.25, -0.2) is 0 Å². The lowest BCUT2D eigenvalue weighted by atomic mass is 10.2. The first-order valence-corrected chi connectivity index (χ1v) is 6.85. The number of ether oxygens (including phenoxy) is 1. The minimum atomic E-state index is -0.196. The fraction of sp³-hybridized carbons (Fsp3) is 0.562. The van der Waals surface area contributed by atoms with Gasteiger partial charge in [0.1, 0.15) is 0 Å². The molecule has 0 saturated carbocycles. The number of esters is 1. The van der Waals surface area contributed by atoms with E-state index in [1.54, 1.807) is 0 Å². The van der Waals surface area contributed by atoms with Crippen LogP contribution in [0, 0.1) is 0 Å². The second-order valence-electron chi connectivity index (χ2n) is 4.16. The van der Waals surface area contributed by atoms with Gasteiger partial charge in [-0.15, -0.1) is 0 Å². The summed E-state index contributed by atoms with van der Waals surface area (Å²) < 4.78 is 4.84. The van der Waals surface area contributed by atoms with Gasteiger partial charge in [-0.05, 0) is 32.1 Å². The number of carbonyl (C=O) groups excluding carboxylic acids is 1. The molecule has 0 aliphatic rings. The van der Waals surface area contributed by atoms with Crippen molar-refractivity contribution in [2.45, 2.75) is 52.4 Å². The van der Waals surface area contributed by atoms with E-state index in [9.17, 15) is 4.79 Å². The minimum absolute atomic E-state index is 0.196. The van der Waals surface area contributed by atoms with Gasteiger partial charge in [0.25, 0.3) is 0 Å². The molecule has 18 heavy (non-hydrogen) atoms. The maximum Gasteiger partial charge on any atom is 0.302 e. The fourth-order valence-corrected chi connectivity index (χ4v) is 1.36. The van der Waals surface area contributed by atoms with Crippen LogP contribution in [0.3, 0.4) is 0 Å². The van der Waals surface area contributed by atoms with E-state index in [4.69, 9.17) is 4.74 Å². The summed E-state index contributed by atoms with van der Waals surface area (Å²) in [4.78, 5) is 10.5. The van der Waals surface area contributed by atoms with E-state index >= 15 is 0 Å². The van der Waals surface area contributed by atoms with Crippen molar-refractivity contribution in [2.75, 3.05) is 6.61 Å². The van der Waals surface area contributed by atoms with Gasteiger partial charge in [0.15, 0.2) is 0 Å². The molecule has 0 fully saturated rings. The molecule has 0 aliphatic heterocycles. The van der Waals surface area contributed by atoms with Gasteiger partial charge in [0.05, 0.1) is 6.61 Å². The van der Waals surface area contributed by atoms with Crippen LogP contribution in [0.15, 0.2) is 36.5 Å². The highest BCUT2D eigenvalue weighted by Crippen LogP contribution is 1.97. The normalized spacial score (nSPS) is 11.9. The zero-order chi connectivity index (χ0) is 13.5. The Bertz CT molecular complexity index is 275. The highest BCUT2D eigenvalue weighted by molar-refractivity contribution is 5.65. The molecule has 0 rings (SSSR count). The maximum absolute atomic E-state index is 10.5. The van der Waals surface area contributed by atoms with Gasteiger partial charge >= 0.3 is 5.97 Å². The van der Waals surface area contributed by atoms with Crippen LogP contribution in [0.2, 0.25) is 0 Å². The molecular weight excluding hydrogens is 224 g/mol. The molecule has 0 saturated heterocycles. The summed E-state index contributed by atoms with van der Waals surface area (Å²) in [7, 11) is 0. The molecule has 0 spiro atoms. The van der Waals surface area contributed by atoms with Crippen LogP contribution < -0.4 is 0 Å². The lowest BCUT2D eigenvalue weighted by Gasteiger charge is -1.97. The zero-order valence-electron chi connectivity index (χ0n) is 11.7. The molecule has 0 aromatic heterocycles. The summed E-state index contributed by atoms with van der Waals surface area (Å²) in [6, 6.07) is 0. The Morgan fingerprint density at radius 3 is 2.06 bits per heavy atom. The monoisotopic (exact) mass is 250 g/mol. The summed E-state index contributed by atoms with van der Waals surface area (Å²) in [5.41, 5.74) is 0. The maximum atomic E-state index is 10.5. The van der Waals surface area contributed by atoms with Gasteiger partial charge in [-0.2, -0.15) is 0 Å². The summed E-state index contributed by atoms with van der Waals surface area (Å²) in [5, 5.41) is 0. The number of unbranched alkanes of at least 4 members (excludes halogenated alkanes) is 2. The Hall–Kier alpha value is -1.31. The molecule has 2 nitrogen and oxygen atoms in total. The molecule has 0 N–H and O–H groups in total. The Morgan fingerprint density at radius 2 is 1.50 bits per heavy atom. The van der Waals surface area contributed by atoms with Crippen LogP contribution in [0.4, 0.5) is 0 Å². The van der Waals surface area contributed by atoms with Crippen molar-refractivity contribution in [2.24, 2.45) is 0 Å². The summed E-state index contributed by atoms with van der Waals surface area (Å²) in [6.45, 7) is 4.15. The molecule has 102 valence electrons. The second kappa shape index (κ2) is 13.8. The number of hydrogen-bond acceptors (Lipinski definition) is 2. The molecule has 0 unspecified atom stereocenters. The predicted molar refractivity (Wildman–Crippen MR) is 77.4 cm³/mol. The van der Waals surface area contributed by atoms with Crippen molar-refractivity contribution in [1.82, 2.24) is 0 Å². The number of hydrogen-bond donors (Lipinski definition) is 0. The third-order valence-corrected chi connectivity index (χ3v) is 2.32. The van der Waals surface area contributed by atoms with Crippen molar-refractivity contribution in [3.05, 3.63) is 36.5 Å². The third kappa shape index (κ3) is 14.7. The standard InChI is InChI=1S/C16H26O2/c1-3-4-5-6-7-8-9-10-11-12-13-14-15-18-16(2)17/h5-6,8-9,11-12H,3-4,7,10,13-15H2,1-2H3. The average molecular weight is 250 g/mol. The fourth-order valence-electron chi connectivity index (χ4n) is 1.36. The zero-order valence-corrected chi connectivity index (χ0v) is 11.7. The van der Waals surface area contributed by atoms with E-state index in [2.05, 4.69) is 43.4 Å². The van der Waals surface area contributed by atoms with Gasteiger partial charge in [0.2, 0.25) is 0 Å². The number of allylic oxidation sites excluding steroid dienone is 6. The SMILES string of the molecule is CCCC=CCC=CCC=CCCCOC(C)=O. The molecule has 0 aromatic rings. The van der Waals surface area contributed by atoms with E-state index < -0.39 is 0 Å². The molecule has 0 amide bonds. The second-order valence-corrected chi connectivity index (χ2v) is 4.16. The van der Waals surface area contributed by atoms with E-state index in [1.165, 1.54) is 19.8 Å². The first-order chi connectivity index (χ1) is 8.77. The molecule has 0 atom stereocenters. The van der Waals surface area contributed by atoms with Crippen LogP contribution in [0.5, 0.6) is 0 Å². The van der Waals surface area contributed by atoms with Crippen LogP contribution in [-0.4, -0.2) is 12.6 Å². The highest BCUT2D eigenvalue weighted by atomic mass is 16.5. The average Bonchev–Trinajstić information content (AvgIpc) is 2.34. The van der Waals surface area contributed by atoms with E-state index in [-0.39, 0.29) is 5.97 Å². The Labute approximate surface area is 111 Å². The Kier molecular flexibility index (Phi) is 12.8. The Balaban J connectivity index is 3.31. The summed E-state index contributed by atoms with van der Waals surface area (Å²) in [6.07, 6.45) is 19.4. The van der Waals surface area contributed by atoms with Crippen molar-refractivity contribution in [3.8, 4) is 0 Å². The summed E-state index contributed by atoms with van der Waals surface area (Å²) >= 11 is 0. The van der Waals surface area contributed by atoms with E-state index in [0.29, 0.717) is 6.61 Å². The van der Waals surface area contributed by atoms with Crippen LogP contribution in [0.25, 0.3) is 0 Å². The third-order valence-electron chi connectivity index (χ3n) is 2.32. The van der Waals surface area contributed by atoms with Gasteiger partial charge in [0, 0.05) is 6.92 Å². The lowest BCUT2D eigenvalue weighted by Crippen LogP contribution is -1.99. The molecule has 0 bridgehead atoms. The lowest BCUT2D eigenvalue weighted by molar-refractivity contribution is -0.141. The van der Waals surface area contributed by atoms with Crippen molar-refractivity contribution < 1.29 is 9.53 Å². The predicted octanol–water partition coefficient (Wildman–Crippen LogP) is 4.58. The summed E-state index contributed by atoms with van der Waals surface area (Å²) in [5.74, 6) is -0.196. The minimum Gasteiger partial charge on any atom is -0.466 e. The highest BCUT2D eigenvalue weighted by Gasteiger charge is 1.89. The van der Waals surface area contributed by atoms with E-state index in [0.717, 1.165) is 25.7 Å². The molecule has 0 radical (unpaired) electrons. The molecule has 0 aromatic carbocycles. The molecule has 2 heteroatoms. The Morgan fingerprint density at radius 1 is 0.944 bits per heavy atom. The molecule has 0 aliphatic carbocycles. The van der Waals surface area contributed by atoms with Gasteiger partial charge < -0.3 is 4.74 Å². The number of carbonyl (C=O) groups is 1. The first kappa shape index (κ1) is 16.7. The van der Waals surface area contributed by atoms with Crippen molar-refractivity contribution >= 4 is 5.97 Å². The quantitative estimate of drug-likeness (QED) is 0.322. The molecule has 0 heterocycles. The number of rotatable bonds is 10. The van der Waals surface area contributed by atoms with Crippen LogP contribution >= 0.6 is 0 Å². The van der Waals surface area contributed by atoms with Crippen molar-refractivity contribution in [1.29, 1.82) is 0 Å². The molecular formula is C16H26O2. The van der Waals surface area contributed by atoms with Gasteiger partial charge in [-0.3, -0.25) is 4.79 Å². The topological polar surface area (TPSA) is 26.3 Å². The van der Waals surface area contributed by atoms with Crippen LogP contribution in [0.1, 0.15) is 52.4 Å². The van der Waals surface area contributed by atoms with E-state index in [1.807, 2.05) is 0 Å². The van der Waals surface area contributed by atoms with Gasteiger partial charge in [-0.1, -0.05) is 49.8 Å². The van der Waals surface area contributed by atoms with Crippen molar-refractivity contribution in [3.63, 3.8) is 0 Å². The smallest absolute Gasteiger partial charge is 0.302 e. The van der Waals surface area contributed by atoms with Crippen LogP contribution in [-0.2, 0) is 9.53 Å². The largest absolute Gasteiger partial charge is 0.466 e.